The zero-order chi connectivity index (χ0) is 20.7. The van der Waals surface area contributed by atoms with Crippen molar-refractivity contribution in [1.29, 1.82) is 0 Å². The number of aliphatic carboxylic acids is 1. The van der Waals surface area contributed by atoms with Crippen LogP contribution in [0.2, 0.25) is 0 Å². The summed E-state index contributed by atoms with van der Waals surface area (Å²) in [6.45, 7) is 0. The zero-order valence-electron chi connectivity index (χ0n) is 14.6. The van der Waals surface area contributed by atoms with E-state index in [-0.39, 0.29) is 4.90 Å². The minimum absolute atomic E-state index is 0.115. The fraction of sp³-hybridized carbons (Fsp3) is 0.150. The Labute approximate surface area is 159 Å². The van der Waals surface area contributed by atoms with E-state index >= 15 is 0 Å². The van der Waals surface area contributed by atoms with Crippen LogP contribution in [0, 0.1) is 5.92 Å². The molecule has 0 fully saturated rings. The van der Waals surface area contributed by atoms with Crippen molar-refractivity contribution in [2.24, 2.45) is 5.92 Å². The highest BCUT2D eigenvalue weighted by molar-refractivity contribution is 7.90. The Balaban J connectivity index is 2.03. The Kier molecular flexibility index (Phi) is 4.93. The van der Waals surface area contributed by atoms with E-state index in [2.05, 4.69) is 0 Å². The second kappa shape index (κ2) is 6.94. The van der Waals surface area contributed by atoms with E-state index in [1.807, 2.05) is 0 Å². The first kappa shape index (κ1) is 19.9. The normalized spacial score (nSPS) is 17.2. The Morgan fingerprint density at radius 2 is 1.32 bits per heavy atom. The highest BCUT2D eigenvalue weighted by Gasteiger charge is 2.31. The van der Waals surface area contributed by atoms with Gasteiger partial charge in [-0.25, -0.2) is 8.42 Å². The molecule has 2 aromatic rings. The molecule has 0 aromatic heterocycles. The third-order valence-electron chi connectivity index (χ3n) is 4.38. The molecule has 1 aliphatic rings. The minimum atomic E-state index is -4.47. The SMILES string of the molecule is CS(=O)(=O)c1ccc(C2=CC(C(=O)O)C=C2c2ccc(C(F)(F)F)cc2)cc1. The van der Waals surface area contributed by atoms with Crippen molar-refractivity contribution in [3.8, 4) is 0 Å². The van der Waals surface area contributed by atoms with Crippen molar-refractivity contribution in [1.82, 2.24) is 0 Å². The van der Waals surface area contributed by atoms with Crippen molar-refractivity contribution >= 4 is 27.0 Å². The van der Waals surface area contributed by atoms with Gasteiger partial charge in [0.25, 0.3) is 0 Å². The average Bonchev–Trinajstić information content (AvgIpc) is 3.06. The second-order valence-corrected chi connectivity index (χ2v) is 8.41. The first-order valence-corrected chi connectivity index (χ1v) is 10.0. The number of hydrogen-bond acceptors (Lipinski definition) is 3. The van der Waals surface area contributed by atoms with Gasteiger partial charge in [0.05, 0.1) is 16.4 Å². The molecule has 0 amide bonds. The van der Waals surface area contributed by atoms with Gasteiger partial charge in [-0.3, -0.25) is 4.79 Å². The van der Waals surface area contributed by atoms with Gasteiger partial charge < -0.3 is 5.11 Å². The average molecular weight is 408 g/mol. The van der Waals surface area contributed by atoms with Crippen LogP contribution in [0.5, 0.6) is 0 Å². The molecule has 2 aromatic carbocycles. The Hall–Kier alpha value is -2.87. The summed E-state index contributed by atoms with van der Waals surface area (Å²) in [7, 11) is -3.39. The smallest absolute Gasteiger partial charge is 0.416 e. The maximum atomic E-state index is 12.8. The van der Waals surface area contributed by atoms with Crippen LogP contribution in [0.1, 0.15) is 16.7 Å². The summed E-state index contributed by atoms with van der Waals surface area (Å²) in [5, 5.41) is 9.33. The van der Waals surface area contributed by atoms with Crippen LogP contribution in [-0.4, -0.2) is 25.7 Å². The number of carbonyl (C=O) groups is 1. The zero-order valence-corrected chi connectivity index (χ0v) is 15.4. The van der Waals surface area contributed by atoms with Gasteiger partial charge in [0.15, 0.2) is 9.84 Å². The summed E-state index contributed by atoms with van der Waals surface area (Å²) in [6, 6.07) is 10.4. The number of sulfone groups is 1. The van der Waals surface area contributed by atoms with Gasteiger partial charge in [0.1, 0.15) is 0 Å². The molecule has 3 rings (SSSR count). The minimum Gasteiger partial charge on any atom is -0.481 e. The van der Waals surface area contributed by atoms with E-state index in [9.17, 15) is 31.5 Å². The van der Waals surface area contributed by atoms with Crippen LogP contribution in [0.15, 0.2) is 65.6 Å². The van der Waals surface area contributed by atoms with Gasteiger partial charge >= 0.3 is 12.1 Å². The van der Waals surface area contributed by atoms with Crippen molar-refractivity contribution in [2.75, 3.05) is 6.26 Å². The monoisotopic (exact) mass is 408 g/mol. The van der Waals surface area contributed by atoms with Gasteiger partial charge in [0, 0.05) is 6.26 Å². The number of allylic oxidation sites excluding steroid dienone is 2. The Bertz CT molecular complexity index is 1080. The van der Waals surface area contributed by atoms with E-state index in [4.69, 9.17) is 0 Å². The van der Waals surface area contributed by atoms with E-state index in [1.165, 1.54) is 36.4 Å². The molecule has 4 nitrogen and oxygen atoms in total. The summed E-state index contributed by atoms with van der Waals surface area (Å²) >= 11 is 0. The molecule has 28 heavy (non-hydrogen) atoms. The van der Waals surface area contributed by atoms with Crippen LogP contribution in [0.25, 0.3) is 11.1 Å². The van der Waals surface area contributed by atoms with E-state index in [0.717, 1.165) is 18.4 Å². The van der Waals surface area contributed by atoms with Crippen LogP contribution in [0.4, 0.5) is 13.2 Å². The number of alkyl halides is 3. The third-order valence-corrected chi connectivity index (χ3v) is 5.51. The van der Waals surface area contributed by atoms with Crippen molar-refractivity contribution < 1.29 is 31.5 Å². The molecule has 0 aliphatic heterocycles. The molecule has 0 saturated heterocycles. The summed E-state index contributed by atoms with van der Waals surface area (Å²) in [5.41, 5.74) is 1.21. The fourth-order valence-electron chi connectivity index (χ4n) is 2.95. The standard InChI is InChI=1S/C20H15F3O4S/c1-28(26,27)16-8-4-13(5-9-16)18-11-14(19(24)25)10-17(18)12-2-6-15(7-3-12)20(21,22)23/h2-11,14H,1H3,(H,24,25). The van der Waals surface area contributed by atoms with Gasteiger partial charge in [0.2, 0.25) is 0 Å². The molecule has 0 spiro atoms. The fourth-order valence-corrected chi connectivity index (χ4v) is 3.58. The number of benzene rings is 2. The van der Waals surface area contributed by atoms with Gasteiger partial charge in [-0.05, 0) is 46.5 Å². The summed E-state index contributed by atoms with van der Waals surface area (Å²) < 4.78 is 61.6. The molecule has 0 bridgehead atoms. The van der Waals surface area contributed by atoms with Gasteiger partial charge in [-0.1, -0.05) is 36.4 Å². The molecular formula is C20H15F3O4S. The van der Waals surface area contributed by atoms with Crippen LogP contribution >= 0.6 is 0 Å². The number of halogens is 3. The number of carboxylic acids is 1. The third kappa shape index (κ3) is 4.01. The predicted molar refractivity (Wildman–Crippen MR) is 98.1 cm³/mol. The Morgan fingerprint density at radius 3 is 1.68 bits per heavy atom. The topological polar surface area (TPSA) is 71.4 Å². The molecule has 1 unspecified atom stereocenters. The van der Waals surface area contributed by atoms with Crippen LogP contribution < -0.4 is 0 Å². The largest absolute Gasteiger partial charge is 0.481 e. The molecule has 0 radical (unpaired) electrons. The van der Waals surface area contributed by atoms with E-state index < -0.39 is 33.5 Å². The predicted octanol–water partition coefficient (Wildman–Crippen LogP) is 4.29. The molecule has 1 N–H and O–H groups in total. The highest BCUT2D eigenvalue weighted by atomic mass is 32.2. The quantitative estimate of drug-likeness (QED) is 0.819. The molecule has 8 heteroatoms. The van der Waals surface area contributed by atoms with Crippen molar-refractivity contribution in [2.45, 2.75) is 11.1 Å². The lowest BCUT2D eigenvalue weighted by Gasteiger charge is -2.12. The van der Waals surface area contributed by atoms with Crippen molar-refractivity contribution in [3.05, 3.63) is 77.4 Å². The van der Waals surface area contributed by atoms with Crippen molar-refractivity contribution in [3.63, 3.8) is 0 Å². The maximum Gasteiger partial charge on any atom is 0.416 e. The molecule has 0 heterocycles. The van der Waals surface area contributed by atoms with Gasteiger partial charge in [-0.15, -0.1) is 0 Å². The first-order chi connectivity index (χ1) is 13.0. The highest BCUT2D eigenvalue weighted by Crippen LogP contribution is 2.40. The van der Waals surface area contributed by atoms with Gasteiger partial charge in [-0.2, -0.15) is 13.2 Å². The first-order valence-electron chi connectivity index (χ1n) is 8.12. The van der Waals surface area contributed by atoms with Crippen LogP contribution in [0.3, 0.4) is 0 Å². The maximum absolute atomic E-state index is 12.8. The number of rotatable bonds is 4. The molecule has 1 aliphatic carbocycles. The van der Waals surface area contributed by atoms with E-state index in [1.54, 1.807) is 12.1 Å². The number of carboxylic acid groups (broad SMARTS) is 1. The lowest BCUT2D eigenvalue weighted by Crippen LogP contribution is -2.05. The number of hydrogen-bond donors (Lipinski definition) is 1. The summed E-state index contributed by atoms with van der Waals surface area (Å²) in [5.74, 6) is -2.02. The molecule has 0 saturated carbocycles. The van der Waals surface area contributed by atoms with Crippen LogP contribution in [-0.2, 0) is 20.8 Å². The summed E-state index contributed by atoms with van der Waals surface area (Å²) in [6.07, 6.45) is -0.438. The Morgan fingerprint density at radius 1 is 0.893 bits per heavy atom. The molecular weight excluding hydrogens is 393 g/mol. The lowest BCUT2D eigenvalue weighted by atomic mass is 9.94. The molecule has 146 valence electrons. The second-order valence-electron chi connectivity index (χ2n) is 6.40. The summed E-state index contributed by atoms with van der Waals surface area (Å²) in [4.78, 5) is 11.5. The lowest BCUT2D eigenvalue weighted by molar-refractivity contribution is -0.139. The molecule has 1 atom stereocenters. The van der Waals surface area contributed by atoms with E-state index in [0.29, 0.717) is 22.3 Å².